The third kappa shape index (κ3) is 3.52. The molecule has 2 rings (SSSR count). The number of hydrogen-bond acceptors (Lipinski definition) is 6. The average Bonchev–Trinajstić information content (AvgIpc) is 2.39. The fraction of sp³-hybridized carbons (Fsp3) is 0.545. The van der Waals surface area contributed by atoms with E-state index in [1.807, 2.05) is 11.9 Å². The molecule has 1 N–H and O–H groups in total. The maximum Gasteiger partial charge on any atom is 0.289 e. The minimum Gasteiger partial charge on any atom is -0.374 e. The summed E-state index contributed by atoms with van der Waals surface area (Å²) in [6.07, 6.45) is 1.27. The van der Waals surface area contributed by atoms with Crippen LogP contribution in [0.15, 0.2) is 12.3 Å². The lowest BCUT2D eigenvalue weighted by atomic mass is 10.3. The Hall–Kier alpha value is -1.44. The third-order valence-corrected chi connectivity index (χ3v) is 3.14. The molecule has 104 valence electrons. The Morgan fingerprint density at radius 2 is 2.53 bits per heavy atom. The molecule has 7 nitrogen and oxygen atoms in total. The van der Waals surface area contributed by atoms with Gasteiger partial charge in [0.05, 0.1) is 22.7 Å². The van der Waals surface area contributed by atoms with Crippen molar-refractivity contribution in [1.29, 1.82) is 0 Å². The van der Waals surface area contributed by atoms with E-state index in [0.29, 0.717) is 19.0 Å². The van der Waals surface area contributed by atoms with Crippen LogP contribution in [0.5, 0.6) is 0 Å². The largest absolute Gasteiger partial charge is 0.374 e. The van der Waals surface area contributed by atoms with Crippen LogP contribution in [0.2, 0.25) is 5.02 Å². The number of ether oxygens (including phenoxy) is 1. The molecule has 1 fully saturated rings. The van der Waals surface area contributed by atoms with E-state index < -0.39 is 4.92 Å². The molecule has 8 heteroatoms. The average molecular weight is 287 g/mol. The fourth-order valence-electron chi connectivity index (χ4n) is 1.93. The van der Waals surface area contributed by atoms with Crippen molar-refractivity contribution in [2.45, 2.75) is 6.10 Å². The van der Waals surface area contributed by atoms with Gasteiger partial charge < -0.3 is 15.0 Å². The Bertz CT molecular complexity index is 465. The van der Waals surface area contributed by atoms with Gasteiger partial charge in [-0.1, -0.05) is 11.6 Å². The Morgan fingerprint density at radius 1 is 1.74 bits per heavy atom. The van der Waals surface area contributed by atoms with Crippen LogP contribution in [-0.2, 0) is 4.74 Å². The first-order chi connectivity index (χ1) is 9.08. The SMILES string of the molecule is CN(CC1CNCCO1)c1ncc([N+](=O)[O-])cc1Cl. The zero-order valence-corrected chi connectivity index (χ0v) is 11.3. The predicted molar refractivity (Wildman–Crippen MR) is 71.8 cm³/mol. The van der Waals surface area contributed by atoms with Crippen LogP contribution in [0.25, 0.3) is 0 Å². The van der Waals surface area contributed by atoms with Gasteiger partial charge in [-0.3, -0.25) is 10.1 Å². The molecule has 0 bridgehead atoms. The van der Waals surface area contributed by atoms with Gasteiger partial charge in [-0.25, -0.2) is 4.98 Å². The molecule has 1 atom stereocenters. The van der Waals surface area contributed by atoms with Crippen molar-refractivity contribution in [2.75, 3.05) is 38.2 Å². The quantitative estimate of drug-likeness (QED) is 0.659. The number of nitro groups is 1. The van der Waals surface area contributed by atoms with Crippen LogP contribution >= 0.6 is 11.6 Å². The summed E-state index contributed by atoms with van der Waals surface area (Å²) in [6.45, 7) is 2.93. The van der Waals surface area contributed by atoms with Crippen LogP contribution < -0.4 is 10.2 Å². The molecule has 0 amide bonds. The maximum atomic E-state index is 10.6. The van der Waals surface area contributed by atoms with Crippen LogP contribution in [0, 0.1) is 10.1 Å². The number of rotatable bonds is 4. The van der Waals surface area contributed by atoms with Gasteiger partial charge in [0.15, 0.2) is 0 Å². The number of morpholine rings is 1. The van der Waals surface area contributed by atoms with Gasteiger partial charge in [-0.2, -0.15) is 0 Å². The monoisotopic (exact) mass is 286 g/mol. The summed E-state index contributed by atoms with van der Waals surface area (Å²) in [4.78, 5) is 16.0. The third-order valence-electron chi connectivity index (χ3n) is 2.86. The molecule has 1 aliphatic rings. The smallest absolute Gasteiger partial charge is 0.289 e. The van der Waals surface area contributed by atoms with E-state index in [1.54, 1.807) is 0 Å². The van der Waals surface area contributed by atoms with Crippen LogP contribution in [-0.4, -0.2) is 49.3 Å². The van der Waals surface area contributed by atoms with E-state index in [9.17, 15) is 10.1 Å². The first-order valence-electron chi connectivity index (χ1n) is 5.91. The Balaban J connectivity index is 2.05. The molecule has 0 saturated carbocycles. The second-order valence-electron chi connectivity index (χ2n) is 4.33. The standard InChI is InChI=1S/C11H15ClN4O3/c1-15(7-9-6-13-2-3-19-9)11-10(12)4-8(5-14-11)16(17)18/h4-5,9,13H,2-3,6-7H2,1H3. The van der Waals surface area contributed by atoms with Crippen molar-refractivity contribution in [3.8, 4) is 0 Å². The van der Waals surface area contributed by atoms with E-state index in [1.165, 1.54) is 12.3 Å². The minimum atomic E-state index is -0.517. The van der Waals surface area contributed by atoms with Gasteiger partial charge >= 0.3 is 0 Å². The molecule has 2 heterocycles. The van der Waals surface area contributed by atoms with Crippen molar-refractivity contribution in [3.05, 3.63) is 27.4 Å². The first-order valence-corrected chi connectivity index (χ1v) is 6.29. The molecule has 1 aromatic rings. The number of pyridine rings is 1. The topological polar surface area (TPSA) is 80.5 Å². The lowest BCUT2D eigenvalue weighted by Gasteiger charge is -2.28. The zero-order valence-electron chi connectivity index (χ0n) is 10.5. The zero-order chi connectivity index (χ0) is 13.8. The molecule has 0 spiro atoms. The summed E-state index contributed by atoms with van der Waals surface area (Å²) in [5, 5.41) is 14.1. The molecule has 1 aromatic heterocycles. The highest BCUT2D eigenvalue weighted by Gasteiger charge is 2.19. The number of hydrogen-bond donors (Lipinski definition) is 1. The second-order valence-corrected chi connectivity index (χ2v) is 4.74. The van der Waals surface area contributed by atoms with Crippen molar-refractivity contribution in [2.24, 2.45) is 0 Å². The highest BCUT2D eigenvalue weighted by Crippen LogP contribution is 2.26. The van der Waals surface area contributed by atoms with E-state index in [-0.39, 0.29) is 16.8 Å². The summed E-state index contributed by atoms with van der Waals surface area (Å²) in [5.74, 6) is 0.515. The normalized spacial score (nSPS) is 19.2. The van der Waals surface area contributed by atoms with Gasteiger partial charge in [0.25, 0.3) is 5.69 Å². The van der Waals surface area contributed by atoms with Crippen molar-refractivity contribution >= 4 is 23.1 Å². The summed E-state index contributed by atoms with van der Waals surface area (Å²) < 4.78 is 5.59. The van der Waals surface area contributed by atoms with E-state index in [0.717, 1.165) is 13.1 Å². The summed E-state index contributed by atoms with van der Waals surface area (Å²) in [5.41, 5.74) is -0.113. The molecule has 1 aliphatic heterocycles. The van der Waals surface area contributed by atoms with Gasteiger partial charge in [0, 0.05) is 32.7 Å². The second kappa shape index (κ2) is 6.14. The van der Waals surface area contributed by atoms with E-state index in [4.69, 9.17) is 16.3 Å². The van der Waals surface area contributed by atoms with Gasteiger partial charge in [-0.05, 0) is 0 Å². The Morgan fingerprint density at radius 3 is 3.11 bits per heavy atom. The number of anilines is 1. The highest BCUT2D eigenvalue weighted by atomic mass is 35.5. The molecule has 0 radical (unpaired) electrons. The Labute approximate surface area is 115 Å². The van der Waals surface area contributed by atoms with Crippen LogP contribution in [0.4, 0.5) is 11.5 Å². The molecule has 1 unspecified atom stereocenters. The number of likely N-dealkylation sites (N-methyl/N-ethyl adjacent to an activating group) is 1. The van der Waals surface area contributed by atoms with Gasteiger partial charge in [0.1, 0.15) is 12.0 Å². The lowest BCUT2D eigenvalue weighted by Crippen LogP contribution is -2.44. The number of nitrogens with zero attached hydrogens (tertiary/aromatic N) is 3. The highest BCUT2D eigenvalue weighted by molar-refractivity contribution is 6.33. The summed E-state index contributed by atoms with van der Waals surface area (Å²) in [6, 6.07) is 1.31. The molecule has 0 aromatic carbocycles. The van der Waals surface area contributed by atoms with Gasteiger partial charge in [0.2, 0.25) is 0 Å². The van der Waals surface area contributed by atoms with E-state index in [2.05, 4.69) is 10.3 Å². The van der Waals surface area contributed by atoms with Crippen molar-refractivity contribution in [1.82, 2.24) is 10.3 Å². The van der Waals surface area contributed by atoms with Crippen LogP contribution in [0.3, 0.4) is 0 Å². The fourth-order valence-corrected chi connectivity index (χ4v) is 2.24. The number of aromatic nitrogens is 1. The number of nitrogens with one attached hydrogen (secondary N) is 1. The first kappa shape index (κ1) is 14.0. The number of halogens is 1. The van der Waals surface area contributed by atoms with Crippen molar-refractivity contribution < 1.29 is 9.66 Å². The lowest BCUT2D eigenvalue weighted by molar-refractivity contribution is -0.385. The van der Waals surface area contributed by atoms with Crippen LogP contribution in [0.1, 0.15) is 0 Å². The molecular formula is C11H15ClN4O3. The van der Waals surface area contributed by atoms with Gasteiger partial charge in [-0.15, -0.1) is 0 Å². The molecule has 1 saturated heterocycles. The molecular weight excluding hydrogens is 272 g/mol. The maximum absolute atomic E-state index is 10.6. The minimum absolute atomic E-state index is 0.0619. The Kier molecular flexibility index (Phi) is 4.52. The molecule has 0 aliphatic carbocycles. The summed E-state index contributed by atoms with van der Waals surface area (Å²) >= 11 is 6.02. The molecule has 19 heavy (non-hydrogen) atoms. The predicted octanol–water partition coefficient (Wildman–Crippen LogP) is 1.07. The van der Waals surface area contributed by atoms with E-state index >= 15 is 0 Å². The van der Waals surface area contributed by atoms with Crippen molar-refractivity contribution in [3.63, 3.8) is 0 Å². The summed E-state index contributed by atoms with van der Waals surface area (Å²) in [7, 11) is 1.83.